The highest BCUT2D eigenvalue weighted by atomic mass is 19.4. The van der Waals surface area contributed by atoms with Gasteiger partial charge in [0.2, 0.25) is 5.95 Å². The maximum Gasteiger partial charge on any atom is 0.416 e. The Kier molecular flexibility index (Phi) is 5.41. The SMILES string of the molecule is Cc1nc(NC[C@@H]2CCCNC2)ncc1-c1ccc(C(F)(F)F)cc1F. The predicted octanol–water partition coefficient (Wildman–Crippen LogP) is 4.02. The minimum absolute atomic E-state index is 0.0542. The minimum atomic E-state index is -4.58. The summed E-state index contributed by atoms with van der Waals surface area (Å²) in [6.07, 6.45) is -0.867. The summed E-state index contributed by atoms with van der Waals surface area (Å²) >= 11 is 0. The zero-order valence-electron chi connectivity index (χ0n) is 14.3. The number of piperidine rings is 1. The molecule has 1 aromatic carbocycles. The Balaban J connectivity index is 1.75. The largest absolute Gasteiger partial charge is 0.416 e. The molecule has 1 aromatic heterocycles. The molecule has 1 saturated heterocycles. The zero-order chi connectivity index (χ0) is 18.7. The molecule has 1 fully saturated rings. The topological polar surface area (TPSA) is 49.8 Å². The van der Waals surface area contributed by atoms with Crippen LogP contribution in [0.2, 0.25) is 0 Å². The molecule has 0 spiro atoms. The van der Waals surface area contributed by atoms with E-state index in [4.69, 9.17) is 0 Å². The Morgan fingerprint density at radius 1 is 1.27 bits per heavy atom. The van der Waals surface area contributed by atoms with E-state index in [0.717, 1.165) is 44.6 Å². The highest BCUT2D eigenvalue weighted by molar-refractivity contribution is 5.66. The normalized spacial score (nSPS) is 18.0. The third-order valence-electron chi connectivity index (χ3n) is 4.51. The molecule has 1 atom stereocenters. The van der Waals surface area contributed by atoms with Crippen molar-refractivity contribution in [1.82, 2.24) is 15.3 Å². The van der Waals surface area contributed by atoms with Gasteiger partial charge in [-0.15, -0.1) is 0 Å². The first-order valence-corrected chi connectivity index (χ1v) is 8.50. The van der Waals surface area contributed by atoms with E-state index >= 15 is 0 Å². The van der Waals surface area contributed by atoms with Gasteiger partial charge in [0.25, 0.3) is 0 Å². The van der Waals surface area contributed by atoms with Crippen LogP contribution < -0.4 is 10.6 Å². The summed E-state index contributed by atoms with van der Waals surface area (Å²) in [4.78, 5) is 8.50. The van der Waals surface area contributed by atoms with Crippen LogP contribution in [-0.4, -0.2) is 29.6 Å². The number of rotatable bonds is 4. The predicted molar refractivity (Wildman–Crippen MR) is 91.2 cm³/mol. The summed E-state index contributed by atoms with van der Waals surface area (Å²) in [5, 5.41) is 6.50. The second-order valence-corrected chi connectivity index (χ2v) is 6.48. The lowest BCUT2D eigenvalue weighted by Crippen LogP contribution is -2.33. The van der Waals surface area contributed by atoms with E-state index in [2.05, 4.69) is 20.6 Å². The van der Waals surface area contributed by atoms with Crippen LogP contribution in [-0.2, 0) is 6.18 Å². The summed E-state index contributed by atoms with van der Waals surface area (Å²) in [5.41, 5.74) is -0.0840. The molecule has 0 unspecified atom stereocenters. The van der Waals surface area contributed by atoms with E-state index in [-0.39, 0.29) is 5.56 Å². The van der Waals surface area contributed by atoms with Crippen LogP contribution >= 0.6 is 0 Å². The molecule has 0 radical (unpaired) electrons. The van der Waals surface area contributed by atoms with E-state index in [0.29, 0.717) is 29.2 Å². The van der Waals surface area contributed by atoms with Crippen molar-refractivity contribution < 1.29 is 17.6 Å². The molecular weight excluding hydrogens is 348 g/mol. The number of anilines is 1. The Bertz CT molecular complexity index is 770. The first-order valence-electron chi connectivity index (χ1n) is 8.50. The van der Waals surface area contributed by atoms with Crippen molar-refractivity contribution in [1.29, 1.82) is 0 Å². The molecule has 4 nitrogen and oxygen atoms in total. The highest BCUT2D eigenvalue weighted by Crippen LogP contribution is 2.33. The van der Waals surface area contributed by atoms with Crippen molar-refractivity contribution >= 4 is 5.95 Å². The Hall–Kier alpha value is -2.22. The van der Waals surface area contributed by atoms with Crippen molar-refractivity contribution in [2.24, 2.45) is 5.92 Å². The number of alkyl halides is 3. The molecule has 0 amide bonds. The standard InChI is InChI=1S/C18H20F4N4/c1-11-15(14-5-4-13(7-16(14)19)18(20,21)22)10-25-17(26-11)24-9-12-3-2-6-23-8-12/h4-5,7,10,12,23H,2-3,6,8-9H2,1H3,(H,24,25,26)/t12-/m1/s1. The van der Waals surface area contributed by atoms with Crippen molar-refractivity contribution in [3.63, 3.8) is 0 Å². The lowest BCUT2D eigenvalue weighted by molar-refractivity contribution is -0.137. The monoisotopic (exact) mass is 368 g/mol. The number of aryl methyl sites for hydroxylation is 1. The maximum atomic E-state index is 14.2. The second-order valence-electron chi connectivity index (χ2n) is 6.48. The Morgan fingerprint density at radius 3 is 2.69 bits per heavy atom. The lowest BCUT2D eigenvalue weighted by atomic mass is 10.00. The first kappa shape index (κ1) is 18.6. The second kappa shape index (κ2) is 7.57. The van der Waals surface area contributed by atoms with Crippen molar-refractivity contribution in [2.45, 2.75) is 25.9 Å². The van der Waals surface area contributed by atoms with Crippen LogP contribution in [0.1, 0.15) is 24.1 Å². The van der Waals surface area contributed by atoms with E-state index in [1.165, 1.54) is 6.20 Å². The van der Waals surface area contributed by atoms with Gasteiger partial charge in [0.1, 0.15) is 5.82 Å². The van der Waals surface area contributed by atoms with Gasteiger partial charge in [-0.05, 0) is 50.9 Å². The van der Waals surface area contributed by atoms with Gasteiger partial charge in [0.05, 0.1) is 11.3 Å². The molecule has 1 aliphatic heterocycles. The van der Waals surface area contributed by atoms with E-state index in [1.54, 1.807) is 6.92 Å². The van der Waals surface area contributed by atoms with Crippen LogP contribution in [0.15, 0.2) is 24.4 Å². The zero-order valence-corrected chi connectivity index (χ0v) is 14.3. The number of hydrogen-bond donors (Lipinski definition) is 2. The van der Waals surface area contributed by atoms with Gasteiger partial charge in [0.15, 0.2) is 0 Å². The molecule has 3 rings (SSSR count). The number of nitrogens with zero attached hydrogens (tertiary/aromatic N) is 2. The molecule has 0 bridgehead atoms. The van der Waals surface area contributed by atoms with Crippen molar-refractivity contribution in [2.75, 3.05) is 25.0 Å². The number of hydrogen-bond acceptors (Lipinski definition) is 4. The molecule has 0 saturated carbocycles. The first-order chi connectivity index (χ1) is 12.3. The minimum Gasteiger partial charge on any atom is -0.354 e. The molecular formula is C18H20F4N4. The fraction of sp³-hybridized carbons (Fsp3) is 0.444. The quantitative estimate of drug-likeness (QED) is 0.801. The number of aromatic nitrogens is 2. The Morgan fingerprint density at radius 2 is 2.08 bits per heavy atom. The Labute approximate surface area is 149 Å². The summed E-state index contributed by atoms with van der Waals surface area (Å²) in [6.45, 7) is 4.40. The molecule has 2 aromatic rings. The van der Waals surface area contributed by atoms with Gasteiger partial charge in [-0.2, -0.15) is 13.2 Å². The van der Waals surface area contributed by atoms with Gasteiger partial charge in [-0.1, -0.05) is 6.07 Å². The number of nitrogens with one attached hydrogen (secondary N) is 2. The van der Waals surface area contributed by atoms with Gasteiger partial charge >= 0.3 is 6.18 Å². The molecule has 2 N–H and O–H groups in total. The fourth-order valence-corrected chi connectivity index (χ4v) is 3.06. The highest BCUT2D eigenvalue weighted by Gasteiger charge is 2.31. The summed E-state index contributed by atoms with van der Waals surface area (Å²) in [6, 6.07) is 2.47. The molecule has 0 aliphatic carbocycles. The van der Waals surface area contributed by atoms with E-state index < -0.39 is 17.6 Å². The van der Waals surface area contributed by atoms with Gasteiger partial charge in [-0.3, -0.25) is 0 Å². The van der Waals surface area contributed by atoms with E-state index in [1.807, 2.05) is 0 Å². The lowest BCUT2D eigenvalue weighted by Gasteiger charge is -2.23. The van der Waals surface area contributed by atoms with Crippen LogP contribution in [0.4, 0.5) is 23.5 Å². The molecule has 2 heterocycles. The van der Waals surface area contributed by atoms with Crippen molar-refractivity contribution in [3.05, 3.63) is 41.5 Å². The summed E-state index contributed by atoms with van der Waals surface area (Å²) in [5.74, 6) is -0.00986. The van der Waals surface area contributed by atoms with Crippen LogP contribution in [0, 0.1) is 18.7 Å². The molecule has 8 heteroatoms. The fourth-order valence-electron chi connectivity index (χ4n) is 3.06. The summed E-state index contributed by atoms with van der Waals surface area (Å²) < 4.78 is 52.2. The van der Waals surface area contributed by atoms with Gasteiger partial charge in [0, 0.05) is 23.9 Å². The third kappa shape index (κ3) is 4.30. The molecule has 26 heavy (non-hydrogen) atoms. The number of benzene rings is 1. The van der Waals surface area contributed by atoms with Crippen molar-refractivity contribution in [3.8, 4) is 11.1 Å². The smallest absolute Gasteiger partial charge is 0.354 e. The maximum absolute atomic E-state index is 14.2. The summed E-state index contributed by atoms with van der Waals surface area (Å²) in [7, 11) is 0. The number of halogens is 4. The van der Waals surface area contributed by atoms with E-state index in [9.17, 15) is 17.6 Å². The molecule has 1 aliphatic rings. The average molecular weight is 368 g/mol. The molecule has 140 valence electrons. The van der Waals surface area contributed by atoms with Gasteiger partial charge in [-0.25, -0.2) is 14.4 Å². The van der Waals surface area contributed by atoms with Crippen LogP contribution in [0.25, 0.3) is 11.1 Å². The van der Waals surface area contributed by atoms with Gasteiger partial charge < -0.3 is 10.6 Å². The average Bonchev–Trinajstić information content (AvgIpc) is 2.60. The van der Waals surface area contributed by atoms with Crippen LogP contribution in [0.3, 0.4) is 0 Å². The third-order valence-corrected chi connectivity index (χ3v) is 4.51. The van der Waals surface area contributed by atoms with Crippen LogP contribution in [0.5, 0.6) is 0 Å².